The van der Waals surface area contributed by atoms with Crippen molar-refractivity contribution in [2.24, 2.45) is 5.41 Å². The topological polar surface area (TPSA) is 41.5 Å². The fourth-order valence-corrected chi connectivity index (χ4v) is 2.16. The Labute approximate surface area is 99.6 Å². The van der Waals surface area contributed by atoms with Crippen LogP contribution in [0.3, 0.4) is 0 Å². The van der Waals surface area contributed by atoms with E-state index < -0.39 is 0 Å². The van der Waals surface area contributed by atoms with Crippen molar-refractivity contribution in [2.75, 3.05) is 19.7 Å². The second-order valence-electron chi connectivity index (χ2n) is 6.07. The highest BCUT2D eigenvalue weighted by atomic mass is 16.5. The van der Waals surface area contributed by atoms with Gasteiger partial charge < -0.3 is 15.2 Å². The molecule has 0 spiro atoms. The van der Waals surface area contributed by atoms with Gasteiger partial charge in [-0.15, -0.1) is 0 Å². The van der Waals surface area contributed by atoms with Gasteiger partial charge in [-0.1, -0.05) is 20.8 Å². The Bertz CT molecular complexity index is 183. The van der Waals surface area contributed by atoms with Gasteiger partial charge in [0.25, 0.3) is 0 Å². The lowest BCUT2D eigenvalue weighted by Crippen LogP contribution is -2.37. The van der Waals surface area contributed by atoms with Crippen molar-refractivity contribution in [3.63, 3.8) is 0 Å². The first kappa shape index (κ1) is 13.9. The smallest absolute Gasteiger partial charge is 0.0699 e. The summed E-state index contributed by atoms with van der Waals surface area (Å²) >= 11 is 0. The van der Waals surface area contributed by atoms with Gasteiger partial charge in [0.15, 0.2) is 0 Å². The Morgan fingerprint density at radius 1 is 1.38 bits per heavy atom. The minimum Gasteiger partial charge on any atom is -0.392 e. The molecule has 1 fully saturated rings. The lowest BCUT2D eigenvalue weighted by atomic mass is 9.89. The van der Waals surface area contributed by atoms with Crippen molar-refractivity contribution in [3.8, 4) is 0 Å². The molecule has 2 N–H and O–H groups in total. The molecule has 0 aromatic rings. The normalized spacial score (nSPS) is 24.4. The van der Waals surface area contributed by atoms with Gasteiger partial charge in [0.1, 0.15) is 0 Å². The van der Waals surface area contributed by atoms with Gasteiger partial charge in [0.05, 0.1) is 12.2 Å². The van der Waals surface area contributed by atoms with Crippen LogP contribution >= 0.6 is 0 Å². The molecule has 0 amide bonds. The maximum absolute atomic E-state index is 9.81. The van der Waals surface area contributed by atoms with Crippen LogP contribution in [0.4, 0.5) is 0 Å². The Hall–Kier alpha value is -0.120. The molecule has 1 aliphatic rings. The molecule has 96 valence electrons. The van der Waals surface area contributed by atoms with Crippen LogP contribution in [0.5, 0.6) is 0 Å². The second kappa shape index (κ2) is 6.58. The molecule has 3 nitrogen and oxygen atoms in total. The van der Waals surface area contributed by atoms with Crippen molar-refractivity contribution in [2.45, 2.75) is 58.7 Å². The number of hydrogen-bond donors (Lipinski definition) is 2. The zero-order valence-corrected chi connectivity index (χ0v) is 11.0. The molecule has 3 heteroatoms. The summed E-state index contributed by atoms with van der Waals surface area (Å²) in [6.45, 7) is 8.91. The molecule has 0 aliphatic carbocycles. The van der Waals surface area contributed by atoms with E-state index in [9.17, 15) is 5.11 Å². The Morgan fingerprint density at radius 3 is 2.69 bits per heavy atom. The maximum atomic E-state index is 9.81. The van der Waals surface area contributed by atoms with E-state index in [1.54, 1.807) is 0 Å². The van der Waals surface area contributed by atoms with Gasteiger partial charge >= 0.3 is 0 Å². The van der Waals surface area contributed by atoms with Crippen molar-refractivity contribution >= 4 is 0 Å². The van der Waals surface area contributed by atoms with Gasteiger partial charge in [-0.25, -0.2) is 0 Å². The number of hydrogen-bond acceptors (Lipinski definition) is 3. The van der Waals surface area contributed by atoms with Crippen LogP contribution in [-0.4, -0.2) is 37.0 Å². The van der Waals surface area contributed by atoms with E-state index in [-0.39, 0.29) is 11.5 Å². The standard InChI is InChI=1S/C13H27NO2/c1-13(2,3)8-11(15)9-14-10-12-6-4-5-7-16-12/h11-12,14-15H,4-10H2,1-3H3. The summed E-state index contributed by atoms with van der Waals surface area (Å²) in [7, 11) is 0. The number of aliphatic hydroxyl groups excluding tert-OH is 1. The molecule has 2 unspecified atom stereocenters. The molecule has 0 bridgehead atoms. The summed E-state index contributed by atoms with van der Waals surface area (Å²) in [6.07, 6.45) is 4.58. The second-order valence-corrected chi connectivity index (χ2v) is 6.07. The van der Waals surface area contributed by atoms with E-state index in [0.717, 1.165) is 26.0 Å². The lowest BCUT2D eigenvalue weighted by Gasteiger charge is -2.25. The average Bonchev–Trinajstić information content (AvgIpc) is 2.16. The molecule has 1 heterocycles. The van der Waals surface area contributed by atoms with E-state index in [0.29, 0.717) is 12.6 Å². The van der Waals surface area contributed by atoms with Gasteiger partial charge in [-0.3, -0.25) is 0 Å². The monoisotopic (exact) mass is 229 g/mol. The molecule has 0 aromatic carbocycles. The molecule has 0 saturated carbocycles. The van der Waals surface area contributed by atoms with Crippen molar-refractivity contribution < 1.29 is 9.84 Å². The molecule has 1 aliphatic heterocycles. The van der Waals surface area contributed by atoms with Gasteiger partial charge in [0.2, 0.25) is 0 Å². The van der Waals surface area contributed by atoms with Crippen LogP contribution in [0.1, 0.15) is 46.5 Å². The summed E-state index contributed by atoms with van der Waals surface area (Å²) < 4.78 is 5.62. The van der Waals surface area contributed by atoms with Gasteiger partial charge in [-0.2, -0.15) is 0 Å². The summed E-state index contributed by atoms with van der Waals surface area (Å²) in [5, 5.41) is 13.1. The first-order valence-electron chi connectivity index (χ1n) is 6.48. The number of ether oxygens (including phenoxy) is 1. The molecule has 16 heavy (non-hydrogen) atoms. The molecule has 0 aromatic heterocycles. The van der Waals surface area contributed by atoms with Crippen molar-refractivity contribution in [1.82, 2.24) is 5.32 Å². The molecule has 1 rings (SSSR count). The summed E-state index contributed by atoms with van der Waals surface area (Å²) in [5.74, 6) is 0. The first-order chi connectivity index (χ1) is 7.47. The minimum absolute atomic E-state index is 0.197. The third-order valence-electron chi connectivity index (χ3n) is 2.87. The summed E-state index contributed by atoms with van der Waals surface area (Å²) in [6, 6.07) is 0. The van der Waals surface area contributed by atoms with E-state index in [1.165, 1.54) is 12.8 Å². The van der Waals surface area contributed by atoms with E-state index >= 15 is 0 Å². The van der Waals surface area contributed by atoms with Crippen molar-refractivity contribution in [3.05, 3.63) is 0 Å². The maximum Gasteiger partial charge on any atom is 0.0699 e. The fraction of sp³-hybridized carbons (Fsp3) is 1.00. The predicted molar refractivity (Wildman–Crippen MR) is 66.5 cm³/mol. The summed E-state index contributed by atoms with van der Waals surface area (Å²) in [4.78, 5) is 0. The fourth-order valence-electron chi connectivity index (χ4n) is 2.16. The average molecular weight is 229 g/mol. The lowest BCUT2D eigenvalue weighted by molar-refractivity contribution is 0.0144. The zero-order valence-electron chi connectivity index (χ0n) is 11.0. The first-order valence-corrected chi connectivity index (χ1v) is 6.48. The van der Waals surface area contributed by atoms with Crippen LogP contribution in [0.2, 0.25) is 0 Å². The highest BCUT2D eigenvalue weighted by Gasteiger charge is 2.17. The van der Waals surface area contributed by atoms with Crippen LogP contribution < -0.4 is 5.32 Å². The quantitative estimate of drug-likeness (QED) is 0.757. The number of nitrogens with one attached hydrogen (secondary N) is 1. The Balaban J connectivity index is 2.05. The largest absolute Gasteiger partial charge is 0.392 e. The molecular weight excluding hydrogens is 202 g/mol. The van der Waals surface area contributed by atoms with E-state index in [2.05, 4.69) is 26.1 Å². The van der Waals surface area contributed by atoms with Gasteiger partial charge in [0, 0.05) is 19.7 Å². The molecule has 0 radical (unpaired) electrons. The molecule has 2 atom stereocenters. The number of rotatable bonds is 5. The zero-order chi connectivity index (χ0) is 12.0. The highest BCUT2D eigenvalue weighted by molar-refractivity contribution is 4.72. The van der Waals surface area contributed by atoms with Crippen LogP contribution in [-0.2, 0) is 4.74 Å². The van der Waals surface area contributed by atoms with E-state index in [1.807, 2.05) is 0 Å². The van der Waals surface area contributed by atoms with Crippen LogP contribution in [0, 0.1) is 5.41 Å². The third-order valence-corrected chi connectivity index (χ3v) is 2.87. The Kier molecular flexibility index (Phi) is 5.73. The SMILES string of the molecule is CC(C)(C)CC(O)CNCC1CCCCO1. The van der Waals surface area contributed by atoms with Crippen LogP contribution in [0.15, 0.2) is 0 Å². The summed E-state index contributed by atoms with van der Waals surface area (Å²) in [5.41, 5.74) is 0.197. The van der Waals surface area contributed by atoms with Crippen molar-refractivity contribution in [1.29, 1.82) is 0 Å². The minimum atomic E-state index is -0.247. The molecular formula is C13H27NO2. The van der Waals surface area contributed by atoms with Gasteiger partial charge in [-0.05, 0) is 31.1 Å². The number of aliphatic hydroxyl groups is 1. The molecule has 1 saturated heterocycles. The third kappa shape index (κ3) is 6.46. The highest BCUT2D eigenvalue weighted by Crippen LogP contribution is 2.20. The Morgan fingerprint density at radius 2 is 2.12 bits per heavy atom. The van der Waals surface area contributed by atoms with Crippen LogP contribution in [0.25, 0.3) is 0 Å². The predicted octanol–water partition coefficient (Wildman–Crippen LogP) is 1.94. The van der Waals surface area contributed by atoms with E-state index in [4.69, 9.17) is 4.74 Å².